The Labute approximate surface area is 149 Å². The number of nitrogens with one attached hydrogen (secondary N) is 2. The molecule has 25 heavy (non-hydrogen) atoms. The molecule has 3 rings (SSSR count). The van der Waals surface area contributed by atoms with Gasteiger partial charge in [-0.15, -0.1) is 0 Å². The van der Waals surface area contributed by atoms with Crippen molar-refractivity contribution >= 4 is 11.7 Å². The highest BCUT2D eigenvalue weighted by Crippen LogP contribution is 2.29. The molecule has 0 aromatic carbocycles. The van der Waals surface area contributed by atoms with Gasteiger partial charge in [-0.05, 0) is 56.4 Å². The molecule has 0 radical (unpaired) electrons. The van der Waals surface area contributed by atoms with E-state index in [0.29, 0.717) is 11.7 Å². The maximum absolute atomic E-state index is 12.0. The van der Waals surface area contributed by atoms with Gasteiger partial charge in [-0.2, -0.15) is 0 Å². The summed E-state index contributed by atoms with van der Waals surface area (Å²) in [7, 11) is 0. The maximum atomic E-state index is 12.0. The topological polar surface area (TPSA) is 74.2 Å². The number of carbonyl (C=O) groups is 1. The molecule has 6 heteroatoms. The summed E-state index contributed by atoms with van der Waals surface area (Å²) in [5, 5.41) is 2.79. The van der Waals surface area contributed by atoms with E-state index in [1.807, 2.05) is 12.3 Å². The van der Waals surface area contributed by atoms with E-state index in [4.69, 9.17) is 4.42 Å². The number of unbranched alkanes of at least 4 members (excludes halogenated alkanes) is 3. The normalized spacial score (nSPS) is 16.2. The number of rotatable bonds is 8. The van der Waals surface area contributed by atoms with Crippen LogP contribution in [-0.4, -0.2) is 40.4 Å². The molecule has 2 aromatic heterocycles. The lowest BCUT2D eigenvalue weighted by atomic mass is 9.91. The third-order valence-corrected chi connectivity index (χ3v) is 4.97. The number of aromatic nitrogens is 2. The number of hydrogen-bond acceptors (Lipinski definition) is 4. The summed E-state index contributed by atoms with van der Waals surface area (Å²) in [6.07, 6.45) is 12.5. The van der Waals surface area contributed by atoms with Crippen LogP contribution in [0.15, 0.2) is 29.1 Å². The molecule has 1 saturated heterocycles. The second kappa shape index (κ2) is 8.85. The lowest BCUT2D eigenvalue weighted by Gasteiger charge is -2.31. The smallest absolute Gasteiger partial charge is 0.312 e. The number of amides is 1. The molecule has 1 fully saturated rings. The molecule has 0 spiro atoms. The number of likely N-dealkylation sites (tertiary alicyclic amines) is 1. The number of H-pyrrole nitrogens is 1. The minimum Gasteiger partial charge on any atom is -0.441 e. The Morgan fingerprint density at radius 1 is 1.36 bits per heavy atom. The van der Waals surface area contributed by atoms with Crippen LogP contribution in [0.5, 0.6) is 0 Å². The van der Waals surface area contributed by atoms with Crippen molar-refractivity contribution in [1.82, 2.24) is 14.9 Å². The zero-order valence-electron chi connectivity index (χ0n) is 15.0. The van der Waals surface area contributed by atoms with E-state index in [1.165, 1.54) is 76.2 Å². The number of carbonyl (C=O) groups excluding carboxylic acids is 1. The van der Waals surface area contributed by atoms with Crippen LogP contribution in [0, 0.1) is 0 Å². The lowest BCUT2D eigenvalue weighted by molar-refractivity contribution is 0.0990. The zero-order valence-corrected chi connectivity index (χ0v) is 15.0. The van der Waals surface area contributed by atoms with Gasteiger partial charge in [-0.3, -0.25) is 4.79 Å². The molecule has 1 aliphatic rings. The fourth-order valence-electron chi connectivity index (χ4n) is 3.48. The maximum Gasteiger partial charge on any atom is 0.312 e. The molecule has 0 saturated carbocycles. The standard InChI is InChI=1S/C19H28N4O2/c1-2-3-4-5-9-23-10-6-15(7-11-23)16-13-17(21-14-16)22-18(24)19-20-8-12-25-19/h8,12-15,21H,2-7,9-11H2,1H3,(H,22,24). The molecule has 0 bridgehead atoms. The van der Waals surface area contributed by atoms with Gasteiger partial charge in [-0.25, -0.2) is 4.98 Å². The Kier molecular flexibility index (Phi) is 6.28. The Bertz CT molecular complexity index is 642. The summed E-state index contributed by atoms with van der Waals surface area (Å²) in [6, 6.07) is 2.03. The molecule has 0 unspecified atom stereocenters. The number of oxazole rings is 1. The highest BCUT2D eigenvalue weighted by molar-refractivity contribution is 6.00. The van der Waals surface area contributed by atoms with Gasteiger partial charge in [0.2, 0.25) is 0 Å². The lowest BCUT2D eigenvalue weighted by Crippen LogP contribution is -2.33. The molecule has 2 N–H and O–H groups in total. The second-order valence-corrected chi connectivity index (χ2v) is 6.81. The number of hydrogen-bond donors (Lipinski definition) is 2. The van der Waals surface area contributed by atoms with Crippen molar-refractivity contribution in [2.45, 2.75) is 51.4 Å². The number of aromatic amines is 1. The predicted molar refractivity (Wildman–Crippen MR) is 97.8 cm³/mol. The number of anilines is 1. The third kappa shape index (κ3) is 4.95. The van der Waals surface area contributed by atoms with E-state index in [1.54, 1.807) is 0 Å². The van der Waals surface area contributed by atoms with Crippen LogP contribution in [0.3, 0.4) is 0 Å². The van der Waals surface area contributed by atoms with Crippen molar-refractivity contribution in [2.24, 2.45) is 0 Å². The van der Waals surface area contributed by atoms with Gasteiger partial charge < -0.3 is 19.6 Å². The van der Waals surface area contributed by atoms with Crippen molar-refractivity contribution in [3.05, 3.63) is 36.2 Å². The van der Waals surface area contributed by atoms with Gasteiger partial charge in [0.15, 0.2) is 0 Å². The zero-order chi connectivity index (χ0) is 17.5. The first-order chi connectivity index (χ1) is 12.3. The van der Waals surface area contributed by atoms with E-state index in [-0.39, 0.29) is 11.8 Å². The molecule has 0 aliphatic carbocycles. The Morgan fingerprint density at radius 2 is 2.20 bits per heavy atom. The molecule has 6 nitrogen and oxygen atoms in total. The first-order valence-electron chi connectivity index (χ1n) is 9.37. The molecule has 1 amide bonds. The van der Waals surface area contributed by atoms with Gasteiger partial charge in [0, 0.05) is 6.20 Å². The fraction of sp³-hybridized carbons (Fsp3) is 0.579. The van der Waals surface area contributed by atoms with Gasteiger partial charge >= 0.3 is 5.91 Å². The molecule has 1 aliphatic heterocycles. The van der Waals surface area contributed by atoms with Crippen molar-refractivity contribution in [3.63, 3.8) is 0 Å². The van der Waals surface area contributed by atoms with E-state index in [2.05, 4.69) is 27.1 Å². The van der Waals surface area contributed by atoms with Gasteiger partial charge in [0.25, 0.3) is 5.89 Å². The number of nitrogens with zero attached hydrogens (tertiary/aromatic N) is 2. The van der Waals surface area contributed by atoms with E-state index < -0.39 is 0 Å². The summed E-state index contributed by atoms with van der Waals surface area (Å²) in [5.41, 5.74) is 1.27. The average molecular weight is 344 g/mol. The van der Waals surface area contributed by atoms with Gasteiger partial charge in [-0.1, -0.05) is 26.2 Å². The van der Waals surface area contributed by atoms with Crippen molar-refractivity contribution in [1.29, 1.82) is 0 Å². The Balaban J connectivity index is 1.45. The minimum atomic E-state index is -0.333. The van der Waals surface area contributed by atoms with Gasteiger partial charge in [0.05, 0.1) is 6.20 Å². The molecule has 3 heterocycles. The SMILES string of the molecule is CCCCCCN1CCC(c2c[nH]c(NC(=O)c3ncco3)c2)CC1. The highest BCUT2D eigenvalue weighted by Gasteiger charge is 2.21. The van der Waals surface area contributed by atoms with E-state index in [9.17, 15) is 4.79 Å². The summed E-state index contributed by atoms with van der Waals surface area (Å²) >= 11 is 0. The van der Waals surface area contributed by atoms with Crippen molar-refractivity contribution in [2.75, 3.05) is 25.0 Å². The van der Waals surface area contributed by atoms with Crippen LogP contribution >= 0.6 is 0 Å². The molecule has 0 atom stereocenters. The first-order valence-corrected chi connectivity index (χ1v) is 9.37. The third-order valence-electron chi connectivity index (χ3n) is 4.97. The molecular formula is C19H28N4O2. The summed E-state index contributed by atoms with van der Waals surface area (Å²) in [5.74, 6) is 1.00. The highest BCUT2D eigenvalue weighted by atomic mass is 16.3. The van der Waals surface area contributed by atoms with Crippen LogP contribution in [0.1, 0.15) is 67.6 Å². The van der Waals surface area contributed by atoms with Crippen LogP contribution < -0.4 is 5.32 Å². The van der Waals surface area contributed by atoms with Crippen LogP contribution in [-0.2, 0) is 0 Å². The predicted octanol–water partition coefficient (Wildman–Crippen LogP) is 4.01. The molecule has 2 aromatic rings. The number of piperidine rings is 1. The average Bonchev–Trinajstić information content (AvgIpc) is 3.31. The summed E-state index contributed by atoms with van der Waals surface area (Å²) < 4.78 is 5.01. The second-order valence-electron chi connectivity index (χ2n) is 6.81. The summed E-state index contributed by atoms with van der Waals surface area (Å²) in [4.78, 5) is 21.5. The molecule has 136 valence electrons. The monoisotopic (exact) mass is 344 g/mol. The Morgan fingerprint density at radius 3 is 2.92 bits per heavy atom. The van der Waals surface area contributed by atoms with Gasteiger partial charge in [0.1, 0.15) is 12.1 Å². The quantitative estimate of drug-likeness (QED) is 0.710. The van der Waals surface area contributed by atoms with Crippen LogP contribution in [0.4, 0.5) is 5.82 Å². The van der Waals surface area contributed by atoms with Crippen molar-refractivity contribution in [3.8, 4) is 0 Å². The largest absolute Gasteiger partial charge is 0.441 e. The van der Waals surface area contributed by atoms with E-state index in [0.717, 1.165) is 0 Å². The summed E-state index contributed by atoms with van der Waals surface area (Å²) in [6.45, 7) is 5.82. The fourth-order valence-corrected chi connectivity index (χ4v) is 3.48. The van der Waals surface area contributed by atoms with Crippen LogP contribution in [0.25, 0.3) is 0 Å². The first kappa shape index (κ1) is 17.7. The minimum absolute atomic E-state index is 0.0764. The van der Waals surface area contributed by atoms with E-state index >= 15 is 0 Å². The molecular weight excluding hydrogens is 316 g/mol. The Hall–Kier alpha value is -2.08. The van der Waals surface area contributed by atoms with Crippen LogP contribution in [0.2, 0.25) is 0 Å². The van der Waals surface area contributed by atoms with Crippen molar-refractivity contribution < 1.29 is 9.21 Å².